The number of amides is 2. The van der Waals surface area contributed by atoms with Gasteiger partial charge in [0.2, 0.25) is 5.91 Å². The van der Waals surface area contributed by atoms with Gasteiger partial charge in [-0.1, -0.05) is 75.7 Å². The predicted molar refractivity (Wildman–Crippen MR) is 136 cm³/mol. The van der Waals surface area contributed by atoms with Crippen molar-refractivity contribution in [2.75, 3.05) is 12.4 Å². The Balaban J connectivity index is 1.46. The van der Waals surface area contributed by atoms with Crippen LogP contribution in [0.2, 0.25) is 0 Å². The first kappa shape index (κ1) is 25.1. The molecular formula is C27H32N2O5S. The molecular weight excluding hydrogens is 464 g/mol. The number of carboxylic acids is 1. The zero-order chi connectivity index (χ0) is 25.1. The van der Waals surface area contributed by atoms with Crippen molar-refractivity contribution in [3.8, 4) is 11.1 Å². The summed E-state index contributed by atoms with van der Waals surface area (Å²) in [6.45, 7) is 6.01. The third kappa shape index (κ3) is 5.03. The van der Waals surface area contributed by atoms with Gasteiger partial charge in [-0.05, 0) is 34.6 Å². The number of benzene rings is 2. The highest BCUT2D eigenvalue weighted by molar-refractivity contribution is 8.00. The number of nitrogens with one attached hydrogen (secondary N) is 1. The topological polar surface area (TPSA) is 95.9 Å². The summed E-state index contributed by atoms with van der Waals surface area (Å²) in [5, 5.41) is 12.2. The van der Waals surface area contributed by atoms with E-state index in [1.807, 2.05) is 57.2 Å². The maximum absolute atomic E-state index is 13.5. The molecule has 1 saturated heterocycles. The molecule has 2 aromatic carbocycles. The number of rotatable bonds is 8. The van der Waals surface area contributed by atoms with Crippen LogP contribution >= 0.6 is 11.8 Å². The molecule has 8 heteroatoms. The Labute approximate surface area is 210 Å². The van der Waals surface area contributed by atoms with Gasteiger partial charge in [0.1, 0.15) is 18.7 Å². The highest BCUT2D eigenvalue weighted by Crippen LogP contribution is 2.44. The van der Waals surface area contributed by atoms with E-state index in [4.69, 9.17) is 4.74 Å². The molecule has 0 radical (unpaired) electrons. The standard InChI is InChI=1S/C27H32N2O5S/c1-4-9-22(24(30)29-23(26(31)32)15-35-25(29)16(2)3)28-27(33)34-14-21-19-12-7-5-10-17(19)18-11-6-8-13-20(18)21/h5-8,10-13,16,21-23,25H,4,9,14-15H2,1-3H3,(H,28,33)(H,31,32)/t22-,23?,25?/m0/s1. The molecule has 2 N–H and O–H groups in total. The third-order valence-electron chi connectivity index (χ3n) is 6.66. The molecule has 0 saturated carbocycles. The first-order chi connectivity index (χ1) is 16.8. The van der Waals surface area contributed by atoms with Crippen LogP contribution in [0.3, 0.4) is 0 Å². The number of carbonyl (C=O) groups excluding carboxylic acids is 2. The smallest absolute Gasteiger partial charge is 0.407 e. The molecule has 2 aliphatic rings. The van der Waals surface area contributed by atoms with Gasteiger partial charge in [-0.3, -0.25) is 4.79 Å². The van der Waals surface area contributed by atoms with Crippen molar-refractivity contribution in [2.24, 2.45) is 5.92 Å². The van der Waals surface area contributed by atoms with Gasteiger partial charge in [-0.25, -0.2) is 9.59 Å². The normalized spacial score (nSPS) is 19.8. The second-order valence-corrected chi connectivity index (χ2v) is 10.5. The summed E-state index contributed by atoms with van der Waals surface area (Å²) < 4.78 is 5.64. The lowest BCUT2D eigenvalue weighted by molar-refractivity contribution is -0.150. The van der Waals surface area contributed by atoms with Crippen LogP contribution < -0.4 is 5.32 Å². The summed E-state index contributed by atoms with van der Waals surface area (Å²) in [4.78, 5) is 39.6. The zero-order valence-electron chi connectivity index (χ0n) is 20.3. The number of aliphatic carboxylic acids is 1. The van der Waals surface area contributed by atoms with Crippen LogP contribution in [0.15, 0.2) is 48.5 Å². The lowest BCUT2D eigenvalue weighted by Gasteiger charge is -2.33. The Morgan fingerprint density at radius 2 is 1.69 bits per heavy atom. The summed E-state index contributed by atoms with van der Waals surface area (Å²) in [7, 11) is 0. The van der Waals surface area contributed by atoms with Gasteiger partial charge in [0.15, 0.2) is 0 Å². The molecule has 2 aromatic rings. The minimum absolute atomic E-state index is 0.0785. The second kappa shape index (κ2) is 10.7. The van der Waals surface area contributed by atoms with E-state index in [9.17, 15) is 19.5 Å². The number of carbonyl (C=O) groups is 3. The Hall–Kier alpha value is -3.00. The number of ether oxygens (including phenoxy) is 1. The van der Waals surface area contributed by atoms with Crippen LogP contribution in [0.5, 0.6) is 0 Å². The lowest BCUT2D eigenvalue weighted by atomic mass is 9.98. The molecule has 35 heavy (non-hydrogen) atoms. The molecule has 1 aliphatic heterocycles. The largest absolute Gasteiger partial charge is 0.480 e. The quantitative estimate of drug-likeness (QED) is 0.550. The predicted octanol–water partition coefficient (Wildman–Crippen LogP) is 4.70. The Bertz CT molecular complexity index is 1060. The van der Waals surface area contributed by atoms with Gasteiger partial charge in [-0.2, -0.15) is 0 Å². The molecule has 0 spiro atoms. The van der Waals surface area contributed by atoms with Crippen LogP contribution in [0.25, 0.3) is 11.1 Å². The minimum Gasteiger partial charge on any atom is -0.480 e. The van der Waals surface area contributed by atoms with Crippen molar-refractivity contribution in [1.82, 2.24) is 10.2 Å². The SMILES string of the molecule is CCC[C@H](NC(=O)OCC1c2ccccc2-c2ccccc21)C(=O)N1C(C(=O)O)CSC1C(C)C. The van der Waals surface area contributed by atoms with Gasteiger partial charge < -0.3 is 20.1 Å². The molecule has 2 amide bonds. The van der Waals surface area contributed by atoms with E-state index in [2.05, 4.69) is 17.4 Å². The van der Waals surface area contributed by atoms with Gasteiger partial charge in [0, 0.05) is 11.7 Å². The molecule has 186 valence electrons. The summed E-state index contributed by atoms with van der Waals surface area (Å²) in [5.41, 5.74) is 4.51. The van der Waals surface area contributed by atoms with E-state index in [0.717, 1.165) is 22.3 Å². The van der Waals surface area contributed by atoms with Gasteiger partial charge >= 0.3 is 12.1 Å². The highest BCUT2D eigenvalue weighted by atomic mass is 32.2. The highest BCUT2D eigenvalue weighted by Gasteiger charge is 2.45. The number of hydrogen-bond acceptors (Lipinski definition) is 5. The number of fused-ring (bicyclic) bond motifs is 3. The van der Waals surface area contributed by atoms with Gasteiger partial charge in [0.25, 0.3) is 0 Å². The Morgan fingerprint density at radius 3 is 2.23 bits per heavy atom. The average Bonchev–Trinajstić information content (AvgIpc) is 3.42. The van der Waals surface area contributed by atoms with Crippen molar-refractivity contribution in [3.05, 3.63) is 59.7 Å². The summed E-state index contributed by atoms with van der Waals surface area (Å²) >= 11 is 1.47. The fourth-order valence-electron chi connectivity index (χ4n) is 5.02. The van der Waals surface area contributed by atoms with Crippen molar-refractivity contribution >= 4 is 29.7 Å². The average molecular weight is 497 g/mol. The molecule has 0 bridgehead atoms. The number of carboxylic acid groups (broad SMARTS) is 1. The lowest BCUT2D eigenvalue weighted by Crippen LogP contribution is -2.55. The number of nitrogens with zero attached hydrogens (tertiary/aromatic N) is 1. The van der Waals surface area contributed by atoms with Crippen molar-refractivity contribution in [1.29, 1.82) is 0 Å². The van der Waals surface area contributed by atoms with Crippen LogP contribution in [0, 0.1) is 5.92 Å². The van der Waals surface area contributed by atoms with E-state index in [-0.39, 0.29) is 29.7 Å². The maximum Gasteiger partial charge on any atom is 0.407 e. The number of thioether (sulfide) groups is 1. The summed E-state index contributed by atoms with van der Waals surface area (Å²) in [6.07, 6.45) is 0.394. The number of alkyl carbamates (subject to hydrolysis) is 1. The minimum atomic E-state index is -1.02. The summed E-state index contributed by atoms with van der Waals surface area (Å²) in [6, 6.07) is 14.5. The third-order valence-corrected chi connectivity index (χ3v) is 8.28. The fraction of sp³-hybridized carbons (Fsp3) is 0.444. The maximum atomic E-state index is 13.5. The molecule has 0 aromatic heterocycles. The van der Waals surface area contributed by atoms with Gasteiger partial charge in [-0.15, -0.1) is 11.8 Å². The van der Waals surface area contributed by atoms with Crippen molar-refractivity contribution in [2.45, 2.75) is 57.0 Å². The van der Waals surface area contributed by atoms with E-state index in [1.165, 1.54) is 16.7 Å². The zero-order valence-corrected chi connectivity index (χ0v) is 21.1. The van der Waals surface area contributed by atoms with Crippen LogP contribution in [-0.2, 0) is 14.3 Å². The molecule has 1 fully saturated rings. The van der Waals surface area contributed by atoms with Crippen LogP contribution in [-0.4, -0.2) is 57.8 Å². The molecule has 1 heterocycles. The van der Waals surface area contributed by atoms with E-state index in [0.29, 0.717) is 18.6 Å². The van der Waals surface area contributed by atoms with Crippen molar-refractivity contribution in [3.63, 3.8) is 0 Å². The molecule has 7 nitrogen and oxygen atoms in total. The van der Waals surface area contributed by atoms with E-state index >= 15 is 0 Å². The number of hydrogen-bond donors (Lipinski definition) is 2. The molecule has 4 rings (SSSR count). The van der Waals surface area contributed by atoms with E-state index in [1.54, 1.807) is 0 Å². The molecule has 2 unspecified atom stereocenters. The monoisotopic (exact) mass is 496 g/mol. The van der Waals surface area contributed by atoms with Crippen LogP contribution in [0.4, 0.5) is 4.79 Å². The van der Waals surface area contributed by atoms with E-state index < -0.39 is 24.1 Å². The molecule has 3 atom stereocenters. The first-order valence-electron chi connectivity index (χ1n) is 12.1. The summed E-state index contributed by atoms with van der Waals surface area (Å²) in [5.74, 6) is -1.04. The second-order valence-electron chi connectivity index (χ2n) is 9.38. The van der Waals surface area contributed by atoms with Crippen LogP contribution in [0.1, 0.15) is 50.7 Å². The fourth-order valence-corrected chi connectivity index (χ4v) is 6.50. The van der Waals surface area contributed by atoms with Crippen molar-refractivity contribution < 1.29 is 24.2 Å². The van der Waals surface area contributed by atoms with Gasteiger partial charge in [0.05, 0.1) is 5.37 Å². The Kier molecular flexibility index (Phi) is 7.69. The molecule has 1 aliphatic carbocycles. The Morgan fingerprint density at radius 1 is 1.09 bits per heavy atom. The first-order valence-corrected chi connectivity index (χ1v) is 13.2.